The van der Waals surface area contributed by atoms with E-state index < -0.39 is 0 Å². The van der Waals surface area contributed by atoms with Gasteiger partial charge < -0.3 is 14.5 Å². The van der Waals surface area contributed by atoms with Gasteiger partial charge >= 0.3 is 0 Å². The minimum Gasteiger partial charge on any atom is -0.493 e. The van der Waals surface area contributed by atoms with Crippen molar-refractivity contribution >= 4 is 0 Å². The van der Waals surface area contributed by atoms with E-state index >= 15 is 0 Å². The summed E-state index contributed by atoms with van der Waals surface area (Å²) in [6.07, 6.45) is 2.70. The molecule has 1 atom stereocenters. The van der Waals surface area contributed by atoms with Gasteiger partial charge in [0.25, 0.3) is 0 Å². The molecule has 1 aromatic heterocycles. The van der Waals surface area contributed by atoms with Crippen molar-refractivity contribution < 1.29 is 9.15 Å². The second-order valence-corrected chi connectivity index (χ2v) is 4.20. The Bertz CT molecular complexity index is 505. The molecule has 1 unspecified atom stereocenters. The summed E-state index contributed by atoms with van der Waals surface area (Å²) in [4.78, 5) is 0. The van der Waals surface area contributed by atoms with Gasteiger partial charge in [-0.3, -0.25) is 0 Å². The SMILES string of the molecule is CNC(c1ccc2c(c1)CCO2)c1ccco1. The van der Waals surface area contributed by atoms with Gasteiger partial charge in [-0.15, -0.1) is 0 Å². The molecule has 2 heterocycles. The Balaban J connectivity index is 1.97. The normalized spacial score (nSPS) is 15.4. The zero-order valence-corrected chi connectivity index (χ0v) is 9.77. The molecule has 1 aromatic carbocycles. The van der Waals surface area contributed by atoms with Crippen LogP contribution in [0.4, 0.5) is 0 Å². The van der Waals surface area contributed by atoms with E-state index in [9.17, 15) is 0 Å². The fourth-order valence-corrected chi connectivity index (χ4v) is 2.31. The molecule has 3 heteroatoms. The second-order valence-electron chi connectivity index (χ2n) is 4.20. The lowest BCUT2D eigenvalue weighted by molar-refractivity contribution is 0.356. The third kappa shape index (κ3) is 1.83. The smallest absolute Gasteiger partial charge is 0.125 e. The lowest BCUT2D eigenvalue weighted by atomic mass is 10.0. The molecule has 0 bridgehead atoms. The van der Waals surface area contributed by atoms with E-state index in [2.05, 4.69) is 17.4 Å². The first-order valence-electron chi connectivity index (χ1n) is 5.85. The van der Waals surface area contributed by atoms with Gasteiger partial charge in [-0.05, 0) is 42.4 Å². The van der Waals surface area contributed by atoms with Crippen LogP contribution < -0.4 is 10.1 Å². The van der Waals surface area contributed by atoms with Gasteiger partial charge in [0.05, 0.1) is 18.9 Å². The van der Waals surface area contributed by atoms with Crippen molar-refractivity contribution in [2.24, 2.45) is 0 Å². The number of hydrogen-bond acceptors (Lipinski definition) is 3. The number of benzene rings is 1. The van der Waals surface area contributed by atoms with Crippen LogP contribution in [0.25, 0.3) is 0 Å². The van der Waals surface area contributed by atoms with Crippen LogP contribution in [-0.4, -0.2) is 13.7 Å². The summed E-state index contributed by atoms with van der Waals surface area (Å²) in [6.45, 7) is 0.795. The van der Waals surface area contributed by atoms with E-state index in [1.54, 1.807) is 6.26 Å². The number of fused-ring (bicyclic) bond motifs is 1. The maximum absolute atomic E-state index is 5.51. The van der Waals surface area contributed by atoms with Crippen molar-refractivity contribution in [3.05, 3.63) is 53.5 Å². The van der Waals surface area contributed by atoms with Gasteiger partial charge in [-0.25, -0.2) is 0 Å². The molecule has 1 aliphatic heterocycles. The lowest BCUT2D eigenvalue weighted by Crippen LogP contribution is -2.17. The quantitative estimate of drug-likeness (QED) is 0.878. The van der Waals surface area contributed by atoms with Crippen LogP contribution in [0.1, 0.15) is 22.9 Å². The predicted octanol–water partition coefficient (Wildman–Crippen LogP) is 2.52. The van der Waals surface area contributed by atoms with Crippen molar-refractivity contribution in [1.82, 2.24) is 5.32 Å². The highest BCUT2D eigenvalue weighted by Gasteiger charge is 2.18. The van der Waals surface area contributed by atoms with Crippen LogP contribution in [-0.2, 0) is 6.42 Å². The molecule has 2 aromatic rings. The highest BCUT2D eigenvalue weighted by molar-refractivity contribution is 5.42. The number of nitrogens with one attached hydrogen (secondary N) is 1. The van der Waals surface area contributed by atoms with Gasteiger partial charge in [0, 0.05) is 6.42 Å². The molecule has 0 spiro atoms. The molecular formula is C14H15NO2. The van der Waals surface area contributed by atoms with E-state index in [1.807, 2.05) is 25.2 Å². The molecule has 3 rings (SSSR count). The summed E-state index contributed by atoms with van der Waals surface area (Å²) in [5.41, 5.74) is 2.50. The van der Waals surface area contributed by atoms with Crippen LogP contribution >= 0.6 is 0 Å². The van der Waals surface area contributed by atoms with Crippen molar-refractivity contribution in [3.63, 3.8) is 0 Å². The van der Waals surface area contributed by atoms with Gasteiger partial charge in [-0.1, -0.05) is 6.07 Å². The van der Waals surface area contributed by atoms with E-state index in [-0.39, 0.29) is 6.04 Å². The number of rotatable bonds is 3. The minimum atomic E-state index is 0.107. The number of hydrogen-bond donors (Lipinski definition) is 1. The number of ether oxygens (including phenoxy) is 1. The maximum Gasteiger partial charge on any atom is 0.125 e. The van der Waals surface area contributed by atoms with Crippen LogP contribution in [0.2, 0.25) is 0 Å². The van der Waals surface area contributed by atoms with Gasteiger partial charge in [-0.2, -0.15) is 0 Å². The average molecular weight is 229 g/mol. The summed E-state index contributed by atoms with van der Waals surface area (Å²) in [6, 6.07) is 10.3. The standard InChI is InChI=1S/C14H15NO2/c1-15-14(13-3-2-7-16-13)11-4-5-12-10(9-11)6-8-17-12/h2-5,7,9,14-15H,6,8H2,1H3. The molecule has 0 saturated carbocycles. The van der Waals surface area contributed by atoms with Crippen molar-refractivity contribution in [2.45, 2.75) is 12.5 Å². The largest absolute Gasteiger partial charge is 0.493 e. The summed E-state index contributed by atoms with van der Waals surface area (Å²) >= 11 is 0. The molecule has 1 N–H and O–H groups in total. The topological polar surface area (TPSA) is 34.4 Å². The minimum absolute atomic E-state index is 0.107. The first-order chi connectivity index (χ1) is 8.38. The monoisotopic (exact) mass is 229 g/mol. The summed E-state index contributed by atoms with van der Waals surface area (Å²) < 4.78 is 11.0. The molecule has 0 amide bonds. The summed E-state index contributed by atoms with van der Waals surface area (Å²) in [7, 11) is 1.94. The van der Waals surface area contributed by atoms with Crippen molar-refractivity contribution in [2.75, 3.05) is 13.7 Å². The molecule has 1 aliphatic rings. The molecular weight excluding hydrogens is 214 g/mol. The van der Waals surface area contributed by atoms with E-state index in [0.29, 0.717) is 0 Å². The van der Waals surface area contributed by atoms with Crippen LogP contribution in [0.15, 0.2) is 41.0 Å². The highest BCUT2D eigenvalue weighted by atomic mass is 16.5. The Kier molecular flexibility index (Phi) is 2.61. The van der Waals surface area contributed by atoms with Crippen LogP contribution in [0.3, 0.4) is 0 Å². The molecule has 0 radical (unpaired) electrons. The Morgan fingerprint density at radius 3 is 3.00 bits per heavy atom. The summed E-state index contributed by atoms with van der Waals surface area (Å²) in [5.74, 6) is 1.95. The summed E-state index contributed by atoms with van der Waals surface area (Å²) in [5, 5.41) is 3.28. The third-order valence-electron chi connectivity index (χ3n) is 3.16. The van der Waals surface area contributed by atoms with Gasteiger partial charge in [0.15, 0.2) is 0 Å². The Labute approximate surface area is 100 Å². The lowest BCUT2D eigenvalue weighted by Gasteiger charge is -2.14. The number of furan rings is 1. The fourth-order valence-electron chi connectivity index (χ4n) is 2.31. The van der Waals surface area contributed by atoms with Crippen LogP contribution in [0.5, 0.6) is 5.75 Å². The molecule has 0 fully saturated rings. The zero-order valence-electron chi connectivity index (χ0n) is 9.77. The Morgan fingerprint density at radius 2 is 2.24 bits per heavy atom. The van der Waals surface area contributed by atoms with Crippen molar-refractivity contribution in [1.29, 1.82) is 0 Å². The second kappa shape index (κ2) is 4.26. The molecule has 0 aliphatic carbocycles. The maximum atomic E-state index is 5.51. The zero-order chi connectivity index (χ0) is 11.7. The van der Waals surface area contributed by atoms with Gasteiger partial charge in [0.1, 0.15) is 11.5 Å². The fraction of sp³-hybridized carbons (Fsp3) is 0.286. The Morgan fingerprint density at radius 1 is 1.29 bits per heavy atom. The molecule has 0 saturated heterocycles. The first-order valence-corrected chi connectivity index (χ1v) is 5.85. The average Bonchev–Trinajstić information content (AvgIpc) is 2.99. The Hall–Kier alpha value is -1.74. The molecule has 88 valence electrons. The van der Waals surface area contributed by atoms with E-state index in [0.717, 1.165) is 24.5 Å². The highest BCUT2D eigenvalue weighted by Crippen LogP contribution is 2.30. The molecule has 17 heavy (non-hydrogen) atoms. The van der Waals surface area contributed by atoms with Gasteiger partial charge in [0.2, 0.25) is 0 Å². The first kappa shape index (κ1) is 10.4. The van der Waals surface area contributed by atoms with E-state index in [4.69, 9.17) is 9.15 Å². The molecule has 3 nitrogen and oxygen atoms in total. The third-order valence-corrected chi connectivity index (χ3v) is 3.16. The van der Waals surface area contributed by atoms with Crippen LogP contribution in [0, 0.1) is 0 Å². The van der Waals surface area contributed by atoms with Crippen molar-refractivity contribution in [3.8, 4) is 5.75 Å². The van der Waals surface area contributed by atoms with E-state index in [1.165, 1.54) is 11.1 Å². The predicted molar refractivity (Wildman–Crippen MR) is 65.3 cm³/mol.